The number of aliphatic hydroxyl groups is 2. The van der Waals surface area contributed by atoms with Crippen LogP contribution in [0.3, 0.4) is 0 Å². The Balaban J connectivity index is 1.19. The van der Waals surface area contributed by atoms with Crippen molar-refractivity contribution >= 4 is 25.4 Å². The van der Waals surface area contributed by atoms with Gasteiger partial charge in [-0.1, -0.05) is 109 Å². The second kappa shape index (κ2) is 25.4. The lowest BCUT2D eigenvalue weighted by molar-refractivity contribution is -0.0533. The van der Waals surface area contributed by atoms with E-state index in [0.717, 1.165) is 24.8 Å². The van der Waals surface area contributed by atoms with Crippen molar-refractivity contribution in [2.75, 3.05) is 39.2 Å². The van der Waals surface area contributed by atoms with E-state index in [4.69, 9.17) is 34.3 Å². The van der Waals surface area contributed by atoms with Crippen LogP contribution >= 0.6 is 7.82 Å². The number of anilines is 1. The highest BCUT2D eigenvalue weighted by Gasteiger charge is 2.55. The molecule has 1 aliphatic heterocycles. The first kappa shape index (κ1) is 47.4. The van der Waals surface area contributed by atoms with Crippen LogP contribution in [0.2, 0.25) is 0 Å². The minimum absolute atomic E-state index is 0.0626. The number of aromatic nitrogens is 3. The van der Waals surface area contributed by atoms with E-state index in [2.05, 4.69) is 28.1 Å². The van der Waals surface area contributed by atoms with Gasteiger partial charge >= 0.3 is 7.82 Å². The number of hydrogen-bond donors (Lipinski definition) is 4. The van der Waals surface area contributed by atoms with Crippen LogP contribution in [0.25, 0.3) is 5.52 Å². The third kappa shape index (κ3) is 14.8. The number of hydrogen-bond acceptors (Lipinski definition) is 13. The van der Waals surface area contributed by atoms with Gasteiger partial charge in [-0.05, 0) is 36.2 Å². The molecule has 322 valence electrons. The zero-order valence-corrected chi connectivity index (χ0v) is 35.2. The van der Waals surface area contributed by atoms with Gasteiger partial charge in [-0.15, -0.1) is 0 Å². The molecular formula is C42H65N6O9P. The maximum absolute atomic E-state index is 13.0. The quantitative estimate of drug-likeness (QED) is 0.0298. The lowest BCUT2D eigenvalue weighted by atomic mass is 9.92. The van der Waals surface area contributed by atoms with Crippen LogP contribution in [0, 0.1) is 11.3 Å². The van der Waals surface area contributed by atoms with Crippen molar-refractivity contribution in [3.8, 4) is 6.07 Å². The average Bonchev–Trinajstić information content (AvgIpc) is 3.76. The predicted octanol–water partition coefficient (Wildman–Crippen LogP) is 7.20. The Morgan fingerprint density at radius 1 is 0.948 bits per heavy atom. The lowest BCUT2D eigenvalue weighted by Crippen LogP contribution is -2.43. The molecule has 3 heterocycles. The molecule has 1 aromatic carbocycles. The highest BCUT2D eigenvalue weighted by Crippen LogP contribution is 2.45. The number of phosphoric acid groups is 1. The Labute approximate surface area is 343 Å². The van der Waals surface area contributed by atoms with Crippen molar-refractivity contribution in [3.63, 3.8) is 0 Å². The van der Waals surface area contributed by atoms with E-state index >= 15 is 0 Å². The monoisotopic (exact) mass is 828 g/mol. The van der Waals surface area contributed by atoms with Crippen molar-refractivity contribution in [1.29, 1.82) is 5.26 Å². The predicted molar refractivity (Wildman–Crippen MR) is 222 cm³/mol. The Morgan fingerprint density at radius 2 is 1.59 bits per heavy atom. The summed E-state index contributed by atoms with van der Waals surface area (Å²) in [5, 5.41) is 35.6. The van der Waals surface area contributed by atoms with E-state index in [1.165, 1.54) is 101 Å². The third-order valence-corrected chi connectivity index (χ3v) is 11.5. The number of rotatable bonds is 30. The van der Waals surface area contributed by atoms with Gasteiger partial charge in [0.1, 0.15) is 30.2 Å². The molecule has 15 nitrogen and oxygen atoms in total. The number of benzene rings is 1. The number of phosphoric ester groups is 1. The summed E-state index contributed by atoms with van der Waals surface area (Å²) in [4.78, 5) is 18.7. The highest BCUT2D eigenvalue weighted by molar-refractivity contribution is 7.47. The molecular weight excluding hydrogens is 763 g/mol. The molecule has 0 saturated carbocycles. The average molecular weight is 829 g/mol. The third-order valence-electron chi connectivity index (χ3n) is 10.5. The van der Waals surface area contributed by atoms with Crippen LogP contribution < -0.4 is 5.73 Å². The second-order valence-electron chi connectivity index (χ2n) is 15.1. The molecule has 1 unspecified atom stereocenters. The summed E-state index contributed by atoms with van der Waals surface area (Å²) in [6, 6.07) is 12.4. The van der Waals surface area contributed by atoms with Crippen LogP contribution in [-0.2, 0) is 40.0 Å². The largest absolute Gasteiger partial charge is 0.472 e. The maximum atomic E-state index is 13.0. The Bertz CT molecular complexity index is 1740. The van der Waals surface area contributed by atoms with Crippen molar-refractivity contribution in [1.82, 2.24) is 14.6 Å². The summed E-state index contributed by atoms with van der Waals surface area (Å²) >= 11 is 0. The van der Waals surface area contributed by atoms with Gasteiger partial charge < -0.3 is 35.1 Å². The standard InChI is InChI=1S/C42H65N6O9P/c1-3-4-5-6-7-8-9-10-11-12-13-14-15-16-17-25-53-29-35(54-28-34-20-18-33(27-43)19-21-34)30-56-58(51,52)55-26-24-37-39(49)40(50)42(57-37,31-45-2)38-23-22-36-41(44)46-32-47-48(36)38/h18-23,31-32,35,37,39-40,49-50H,3-17,24-26,28-30H2,1-2H3,(H,51,52)(H2,44,46,47)/t35-,37-,39-,40-,42+/m1/s1. The molecule has 0 aliphatic carbocycles. The molecule has 1 aliphatic rings. The van der Waals surface area contributed by atoms with Crippen LogP contribution in [0.5, 0.6) is 0 Å². The zero-order chi connectivity index (χ0) is 41.6. The molecule has 0 spiro atoms. The Morgan fingerprint density at radius 3 is 2.21 bits per heavy atom. The molecule has 16 heteroatoms. The molecule has 6 atom stereocenters. The van der Waals surface area contributed by atoms with Crippen molar-refractivity contribution in [3.05, 3.63) is 59.5 Å². The number of nitrogen functional groups attached to an aromatic ring is 1. The number of aliphatic imine (C=N–C) groups is 1. The first-order chi connectivity index (χ1) is 28.1. The Kier molecular flexibility index (Phi) is 20.7. The smallest absolute Gasteiger partial charge is 0.388 e. The van der Waals surface area contributed by atoms with Gasteiger partial charge in [0, 0.05) is 26.3 Å². The first-order valence-corrected chi connectivity index (χ1v) is 22.5. The van der Waals surface area contributed by atoms with E-state index in [1.54, 1.807) is 36.4 Å². The summed E-state index contributed by atoms with van der Waals surface area (Å²) in [6.07, 6.45) is 17.2. The Hall–Kier alpha value is -3.29. The van der Waals surface area contributed by atoms with E-state index in [9.17, 15) is 19.7 Å². The van der Waals surface area contributed by atoms with Gasteiger partial charge in [-0.25, -0.2) is 14.1 Å². The molecule has 1 fully saturated rings. The zero-order valence-electron chi connectivity index (χ0n) is 34.3. The molecule has 2 aromatic heterocycles. The highest BCUT2D eigenvalue weighted by atomic mass is 31.2. The van der Waals surface area contributed by atoms with E-state index in [1.807, 2.05) is 0 Å². The van der Waals surface area contributed by atoms with Crippen molar-refractivity contribution in [2.45, 2.75) is 146 Å². The minimum Gasteiger partial charge on any atom is -0.388 e. The number of nitriles is 1. The minimum atomic E-state index is -4.59. The number of aliphatic hydroxyl groups excluding tert-OH is 2. The number of nitrogens with zero attached hydrogens (tertiary/aromatic N) is 5. The maximum Gasteiger partial charge on any atom is 0.472 e. The van der Waals surface area contributed by atoms with Gasteiger partial charge in [-0.3, -0.25) is 14.0 Å². The molecule has 0 amide bonds. The summed E-state index contributed by atoms with van der Waals surface area (Å²) in [5.74, 6) is 0.218. The van der Waals surface area contributed by atoms with Crippen LogP contribution in [-0.4, -0.2) is 93.8 Å². The number of unbranched alkanes of at least 4 members (excludes halogenated alkanes) is 14. The number of nitrogens with two attached hydrogens (primary N) is 1. The second-order valence-corrected chi connectivity index (χ2v) is 16.5. The fraction of sp³-hybridized carbons (Fsp3) is 0.667. The van der Waals surface area contributed by atoms with Gasteiger partial charge in [0.05, 0.1) is 49.9 Å². The fourth-order valence-electron chi connectivity index (χ4n) is 7.22. The van der Waals surface area contributed by atoms with Crippen molar-refractivity contribution < 1.29 is 42.9 Å². The number of ether oxygens (including phenoxy) is 3. The van der Waals surface area contributed by atoms with E-state index in [0.29, 0.717) is 23.4 Å². The molecule has 5 N–H and O–H groups in total. The van der Waals surface area contributed by atoms with E-state index < -0.39 is 37.8 Å². The van der Waals surface area contributed by atoms with Gasteiger partial charge in [0.2, 0.25) is 0 Å². The SMILES string of the molecule is CCCCCCCCCCCCCCCCCOC[C@H](COP(=O)(O)OCC[C@H]1O[C@@](C=NC)(c2ccc3c(N)ncnn23)[C@H](O)[C@@H]1O)OCc1ccc(C#N)cc1. The molecule has 0 bridgehead atoms. The number of fused-ring (bicyclic) bond motifs is 1. The lowest BCUT2D eigenvalue weighted by Gasteiger charge is -2.27. The molecule has 1 saturated heterocycles. The molecule has 58 heavy (non-hydrogen) atoms. The summed E-state index contributed by atoms with van der Waals surface area (Å²) < 4.78 is 43.2. The molecule has 4 rings (SSSR count). The summed E-state index contributed by atoms with van der Waals surface area (Å²) in [5.41, 5.74) is 6.59. The van der Waals surface area contributed by atoms with Crippen LogP contribution in [0.4, 0.5) is 5.82 Å². The van der Waals surface area contributed by atoms with Crippen LogP contribution in [0.1, 0.15) is 126 Å². The van der Waals surface area contributed by atoms with E-state index in [-0.39, 0.29) is 38.7 Å². The van der Waals surface area contributed by atoms with Gasteiger partial charge in [0.15, 0.2) is 11.4 Å². The molecule has 0 radical (unpaired) electrons. The normalized spacial score (nSPS) is 21.1. The topological polar surface area (TPSA) is 216 Å². The van der Waals surface area contributed by atoms with Gasteiger partial charge in [0.25, 0.3) is 0 Å². The molecule has 3 aromatic rings. The van der Waals surface area contributed by atoms with Gasteiger partial charge in [-0.2, -0.15) is 10.4 Å². The first-order valence-electron chi connectivity index (χ1n) is 21.0. The summed E-state index contributed by atoms with van der Waals surface area (Å²) in [6.45, 7) is 2.48. The fourth-order valence-corrected chi connectivity index (χ4v) is 7.99. The van der Waals surface area contributed by atoms with Crippen LogP contribution in [0.15, 0.2) is 47.7 Å². The van der Waals surface area contributed by atoms with Crippen molar-refractivity contribution in [2.24, 2.45) is 4.99 Å². The summed E-state index contributed by atoms with van der Waals surface area (Å²) in [7, 11) is -3.08.